The molecule has 8 heterocycles. The minimum absolute atomic E-state index is 0.0869. The van der Waals surface area contributed by atoms with E-state index >= 15 is 0 Å². The largest absolute Gasteiger partial charge is 0.472 e. The van der Waals surface area contributed by atoms with Crippen LogP contribution in [0.1, 0.15) is 76.8 Å². The summed E-state index contributed by atoms with van der Waals surface area (Å²) in [6.07, 6.45) is -7.44. The van der Waals surface area contributed by atoms with E-state index < -0.39 is 113 Å². The van der Waals surface area contributed by atoms with Crippen molar-refractivity contribution < 1.29 is 95.0 Å². The Hall–Kier alpha value is -7.99. The van der Waals surface area contributed by atoms with Gasteiger partial charge in [-0.2, -0.15) is 4.98 Å². The average Bonchev–Trinajstić information content (AvgIpc) is 1.69. The number of H-pyrrole nitrogens is 1. The van der Waals surface area contributed by atoms with Crippen molar-refractivity contribution in [1.82, 2.24) is 54.6 Å². The van der Waals surface area contributed by atoms with E-state index in [2.05, 4.69) is 51.2 Å². The summed E-state index contributed by atoms with van der Waals surface area (Å²) >= 11 is 0. The molecule has 4 unspecified atom stereocenters. The molecule has 38 heteroatoms. The van der Waals surface area contributed by atoms with Crippen molar-refractivity contribution in [3.8, 4) is 0 Å². The average molecular weight is 1270 g/mol. The normalized spacial score (nSPS) is 26.2. The second-order valence-corrected chi connectivity index (χ2v) is 23.9. The van der Waals surface area contributed by atoms with Crippen LogP contribution in [-0.4, -0.2) is 174 Å². The van der Waals surface area contributed by atoms with Crippen molar-refractivity contribution in [2.75, 3.05) is 42.7 Å². The van der Waals surface area contributed by atoms with Crippen molar-refractivity contribution in [3.05, 3.63) is 71.3 Å². The number of rotatable bonds is 22. The number of phosphoric acid groups is 2. The Balaban J connectivity index is 0.797. The quantitative estimate of drug-likeness (QED) is 0.0254. The van der Waals surface area contributed by atoms with Crippen LogP contribution < -0.4 is 38.3 Å². The van der Waals surface area contributed by atoms with Crippen LogP contribution in [0.15, 0.2) is 60.2 Å². The molecule has 12 atom stereocenters. The number of primary amides is 1. The molecule has 2 bridgehead atoms. The number of hydrogen-bond donors (Lipinski definition) is 11. The van der Waals surface area contributed by atoms with Gasteiger partial charge in [-0.25, -0.2) is 38.7 Å². The smallest absolute Gasteiger partial charge is 0.444 e. The predicted octanol–water partition coefficient (Wildman–Crippen LogP) is 0.414. The highest BCUT2D eigenvalue weighted by molar-refractivity contribution is 7.47. The number of Topliss-reactive ketones (excluding diaryl/α,β-unsaturated/α-hetero) is 1. The monoisotopic (exact) mass is 1270 g/mol. The molecule has 4 aromatic heterocycles. The number of aliphatic hydroxyl groups is 2. The molecule has 0 spiro atoms. The first-order chi connectivity index (χ1) is 41.8. The standard InChI is InChI=1S/C50H63N15O21P2/c1-24(2)34(59-31(67)8-4-3-5-16-63-32(68)13-14-33(63)69)28(66)17-26(7-6-15-53-49(52)74)44(72)58-27-11-9-25(10-12-27)18-80-50(75)60-41-35-42(55-21-54-41)64(22-56-35)47-40-37(70)29(83-47)19-81-87(76,77)85-39-30(20-82-88(78,79)86-40)84-46(38(39)71)65-23-57-36-43(65)61-48(51)62-45(36)73/h9-14,21-24,26,29-30,34,37-40,46-47,70-71H,3-8,15-20H2,1-2H3,(H,58,72)(H,59,67)(H,76,77)(H,78,79)(H3,52,53,74)(H3,51,61,62,73)(H,54,55,60,75)/t26-,29-,30-,34+,37?,38?,39+,40+,46-,47-/m1/s1. The zero-order chi connectivity index (χ0) is 63.2. The van der Waals surface area contributed by atoms with E-state index in [4.69, 9.17) is 43.8 Å². The number of ketones is 1. The Labute approximate surface area is 497 Å². The third-order valence-electron chi connectivity index (χ3n) is 14.5. The number of fused-ring (bicyclic) bond motifs is 5. The van der Waals surface area contributed by atoms with E-state index in [1.807, 2.05) is 0 Å². The van der Waals surface area contributed by atoms with Gasteiger partial charge in [0.1, 0.15) is 49.6 Å². The van der Waals surface area contributed by atoms with Crippen molar-refractivity contribution in [1.29, 1.82) is 0 Å². The van der Waals surface area contributed by atoms with E-state index in [9.17, 15) is 67.5 Å². The van der Waals surface area contributed by atoms with Gasteiger partial charge in [-0.15, -0.1) is 0 Å². The fraction of sp³-hybridized carbons (Fsp3) is 0.500. The molecule has 5 aromatic rings. The Morgan fingerprint density at radius 2 is 1.47 bits per heavy atom. The number of amides is 7. The van der Waals surface area contributed by atoms with Gasteiger partial charge in [-0.1, -0.05) is 32.4 Å². The van der Waals surface area contributed by atoms with E-state index in [1.165, 1.54) is 24.3 Å². The van der Waals surface area contributed by atoms with E-state index in [1.54, 1.807) is 26.0 Å². The predicted molar refractivity (Wildman–Crippen MR) is 299 cm³/mol. The second-order valence-electron chi connectivity index (χ2n) is 21.1. The molecule has 88 heavy (non-hydrogen) atoms. The number of phosphoric ester groups is 2. The van der Waals surface area contributed by atoms with Gasteiger partial charge in [0.25, 0.3) is 17.4 Å². The number of carbonyl (C=O) groups is 7. The summed E-state index contributed by atoms with van der Waals surface area (Å²) < 4.78 is 67.9. The highest BCUT2D eigenvalue weighted by Gasteiger charge is 2.54. The molecule has 7 amide bonds. The number of aliphatic hydroxyl groups excluding tert-OH is 2. The van der Waals surface area contributed by atoms with Gasteiger partial charge < -0.3 is 61.6 Å². The lowest BCUT2D eigenvalue weighted by atomic mass is 9.89. The number of aromatic nitrogens is 8. The summed E-state index contributed by atoms with van der Waals surface area (Å²) in [4.78, 5) is 147. The first-order valence-corrected chi connectivity index (χ1v) is 30.4. The summed E-state index contributed by atoms with van der Waals surface area (Å²) in [6.45, 7) is 1.69. The number of carbonyl (C=O) groups excluding carboxylic acids is 7. The molecule has 3 saturated heterocycles. The van der Waals surface area contributed by atoms with Crippen LogP contribution in [0.25, 0.3) is 22.3 Å². The van der Waals surface area contributed by atoms with E-state index in [-0.39, 0.29) is 109 Å². The maximum Gasteiger partial charge on any atom is 0.472 e. The van der Waals surface area contributed by atoms with E-state index in [0.717, 1.165) is 33.0 Å². The first kappa shape index (κ1) is 64.5. The number of aromatic amines is 1. The minimum Gasteiger partial charge on any atom is -0.444 e. The number of ether oxygens (including phenoxy) is 3. The summed E-state index contributed by atoms with van der Waals surface area (Å²) in [5.41, 5.74) is 10.4. The van der Waals surface area contributed by atoms with Gasteiger partial charge in [0, 0.05) is 49.7 Å². The number of nitrogen functional groups attached to an aromatic ring is 1. The minimum atomic E-state index is -5.30. The molecule has 0 aliphatic carbocycles. The van der Waals surface area contributed by atoms with Crippen LogP contribution in [0.5, 0.6) is 0 Å². The third-order valence-corrected chi connectivity index (χ3v) is 16.4. The summed E-state index contributed by atoms with van der Waals surface area (Å²) in [6, 6.07) is 4.50. The van der Waals surface area contributed by atoms with Gasteiger partial charge in [0.05, 0.1) is 31.9 Å². The molecule has 36 nitrogen and oxygen atoms in total. The lowest BCUT2D eigenvalue weighted by Gasteiger charge is -2.25. The SMILES string of the molecule is CC(C)[C@H](NC(=O)CCCCCN1C(=O)C=CC1=O)C(=O)C[C@@H](CCCNC(N)=O)C(=O)Nc1ccc(COC(=O)Nc2ncnc3c2ncn3[C@@H]2O[C@@H]3COP(=O)(O)O[C@@H]4C(O)[C@H](n5cnc6c(=O)[nH]c(N)nc65)O[C@@H]4COP(=O)(O)O[C@H]2C3O)cc1. The molecule has 9 rings (SSSR count). The van der Waals surface area contributed by atoms with Gasteiger partial charge in [-0.05, 0) is 49.3 Å². The van der Waals surface area contributed by atoms with Crippen LogP contribution >= 0.6 is 15.6 Å². The van der Waals surface area contributed by atoms with Crippen LogP contribution in [0.3, 0.4) is 0 Å². The molecular weight excluding hydrogens is 1210 g/mol. The van der Waals surface area contributed by atoms with Gasteiger partial charge in [0.2, 0.25) is 17.8 Å². The Morgan fingerprint density at radius 1 is 0.807 bits per heavy atom. The van der Waals surface area contributed by atoms with E-state index in [0.29, 0.717) is 30.5 Å². The maximum absolute atomic E-state index is 13.8. The zero-order valence-electron chi connectivity index (χ0n) is 46.9. The van der Waals surface area contributed by atoms with Gasteiger partial charge in [-0.3, -0.25) is 71.2 Å². The summed E-state index contributed by atoms with van der Waals surface area (Å²) in [7, 11) is -10.5. The number of nitrogens with zero attached hydrogens (tertiary/aromatic N) is 8. The molecule has 3 fully saturated rings. The first-order valence-electron chi connectivity index (χ1n) is 27.5. The third kappa shape index (κ3) is 15.5. The van der Waals surface area contributed by atoms with Crippen LogP contribution in [-0.2, 0) is 72.0 Å². The fourth-order valence-electron chi connectivity index (χ4n) is 10.1. The highest BCUT2D eigenvalue weighted by Crippen LogP contribution is 2.54. The number of imidazole rings is 2. The molecule has 13 N–H and O–H groups in total. The maximum atomic E-state index is 13.8. The highest BCUT2D eigenvalue weighted by atomic mass is 31.2. The Morgan fingerprint density at radius 3 is 2.16 bits per heavy atom. The molecule has 0 saturated carbocycles. The molecular formula is C50H63N15O21P2. The molecule has 474 valence electrons. The van der Waals surface area contributed by atoms with Crippen molar-refractivity contribution in [3.63, 3.8) is 0 Å². The number of benzene rings is 1. The number of nitrogens with two attached hydrogens (primary N) is 2. The number of anilines is 3. The lowest BCUT2D eigenvalue weighted by molar-refractivity contribution is -0.137. The van der Waals surface area contributed by atoms with Gasteiger partial charge >= 0.3 is 27.8 Å². The topological polar surface area (TPSA) is 510 Å². The van der Waals surface area contributed by atoms with Crippen molar-refractivity contribution in [2.24, 2.45) is 17.6 Å². The van der Waals surface area contributed by atoms with Crippen LogP contribution in [0, 0.1) is 11.8 Å². The number of urea groups is 1. The Kier molecular flexibility index (Phi) is 20.2. The van der Waals surface area contributed by atoms with Crippen LogP contribution in [0.2, 0.25) is 0 Å². The molecule has 1 aromatic carbocycles. The lowest BCUT2D eigenvalue weighted by Crippen LogP contribution is -2.45. The zero-order valence-corrected chi connectivity index (χ0v) is 48.7. The van der Waals surface area contributed by atoms with Gasteiger partial charge in [0.15, 0.2) is 46.4 Å². The van der Waals surface area contributed by atoms with Crippen molar-refractivity contribution in [2.45, 2.75) is 121 Å². The fourth-order valence-corrected chi connectivity index (χ4v) is 12.0. The number of imide groups is 1. The molecule has 0 radical (unpaired) electrons. The number of hydrogen-bond acceptors (Lipinski definition) is 25. The number of nitrogens with one attached hydrogen (secondary N) is 5. The summed E-state index contributed by atoms with van der Waals surface area (Å²) in [5, 5.41) is 33.3. The van der Waals surface area contributed by atoms with Crippen LogP contribution in [0.4, 0.5) is 27.0 Å². The summed E-state index contributed by atoms with van der Waals surface area (Å²) in [5.74, 6) is -3.80. The number of unbranched alkanes of at least 4 members (excludes halogenated alkanes) is 2. The molecule has 4 aliphatic heterocycles. The second kappa shape index (κ2) is 27.6. The molecule has 4 aliphatic rings. The van der Waals surface area contributed by atoms with Crippen molar-refractivity contribution >= 4 is 97.0 Å². The Bertz CT molecular complexity index is 3620.